The number of methoxy groups -OCH3 is 1. The van der Waals surface area contributed by atoms with Gasteiger partial charge in [0.25, 0.3) is 0 Å². The maximum atomic E-state index is 12.8. The second kappa shape index (κ2) is 6.26. The van der Waals surface area contributed by atoms with Crippen LogP contribution in [0.5, 0.6) is 11.5 Å². The van der Waals surface area contributed by atoms with Crippen molar-refractivity contribution >= 4 is 12.1 Å². The van der Waals surface area contributed by atoms with Crippen molar-refractivity contribution in [3.05, 3.63) is 23.8 Å². The topological polar surface area (TPSA) is 76.6 Å². The predicted molar refractivity (Wildman–Crippen MR) is 96.0 cm³/mol. The molecular formula is C18H26N4O4. The van der Waals surface area contributed by atoms with E-state index < -0.39 is 0 Å². The van der Waals surface area contributed by atoms with E-state index in [0.717, 1.165) is 5.56 Å². The highest BCUT2D eigenvalue weighted by Crippen LogP contribution is 2.44. The SMILES string of the molecule is COc1cc([C@H]2[C@@H]3[C@@H](N(C)C(=O)N(C)[C@@H]3C)N(C)C(=O)N2C)ccc1O. The van der Waals surface area contributed by atoms with E-state index in [-0.39, 0.29) is 42.0 Å². The smallest absolute Gasteiger partial charge is 0.321 e. The number of urea groups is 2. The maximum absolute atomic E-state index is 12.8. The highest BCUT2D eigenvalue weighted by atomic mass is 16.5. The minimum absolute atomic E-state index is 0.0374. The molecule has 2 fully saturated rings. The zero-order valence-electron chi connectivity index (χ0n) is 16.0. The summed E-state index contributed by atoms with van der Waals surface area (Å²) in [6.45, 7) is 2.00. The molecule has 26 heavy (non-hydrogen) atoms. The van der Waals surface area contributed by atoms with Crippen LogP contribution in [-0.2, 0) is 0 Å². The number of hydrogen-bond acceptors (Lipinski definition) is 4. The molecule has 0 radical (unpaired) electrons. The van der Waals surface area contributed by atoms with Gasteiger partial charge < -0.3 is 29.4 Å². The largest absolute Gasteiger partial charge is 0.504 e. The fourth-order valence-electron chi connectivity index (χ4n) is 4.31. The first-order valence-corrected chi connectivity index (χ1v) is 8.56. The lowest BCUT2D eigenvalue weighted by Crippen LogP contribution is -2.71. The summed E-state index contributed by atoms with van der Waals surface area (Å²) in [5.41, 5.74) is 0.863. The van der Waals surface area contributed by atoms with Crippen molar-refractivity contribution in [1.82, 2.24) is 19.6 Å². The Labute approximate surface area is 153 Å². The molecule has 8 heteroatoms. The maximum Gasteiger partial charge on any atom is 0.321 e. The number of carbonyl (C=O) groups is 2. The van der Waals surface area contributed by atoms with Crippen LogP contribution in [-0.4, -0.2) is 84.3 Å². The lowest BCUT2D eigenvalue weighted by atomic mass is 9.80. The third-order valence-corrected chi connectivity index (χ3v) is 5.84. The van der Waals surface area contributed by atoms with Crippen molar-refractivity contribution in [2.45, 2.75) is 25.2 Å². The molecule has 2 aliphatic heterocycles. The van der Waals surface area contributed by atoms with Crippen molar-refractivity contribution in [2.24, 2.45) is 5.92 Å². The van der Waals surface area contributed by atoms with Gasteiger partial charge in [0.15, 0.2) is 11.5 Å². The summed E-state index contributed by atoms with van der Waals surface area (Å²) in [6.07, 6.45) is -0.345. The first-order chi connectivity index (χ1) is 12.2. The molecule has 8 nitrogen and oxygen atoms in total. The first-order valence-electron chi connectivity index (χ1n) is 8.56. The fraction of sp³-hybridized carbons (Fsp3) is 0.556. The molecule has 2 aliphatic rings. The Kier molecular flexibility index (Phi) is 4.37. The molecule has 2 saturated heterocycles. The molecule has 4 amide bonds. The molecule has 0 aromatic heterocycles. The second-order valence-corrected chi connectivity index (χ2v) is 7.12. The normalized spacial score (nSPS) is 29.2. The van der Waals surface area contributed by atoms with Crippen LogP contribution in [0.3, 0.4) is 0 Å². The van der Waals surface area contributed by atoms with Crippen LogP contribution in [0.2, 0.25) is 0 Å². The Balaban J connectivity index is 2.13. The quantitative estimate of drug-likeness (QED) is 0.870. The Morgan fingerprint density at radius 3 is 2.12 bits per heavy atom. The molecule has 0 spiro atoms. The van der Waals surface area contributed by atoms with Gasteiger partial charge in [-0.3, -0.25) is 0 Å². The Morgan fingerprint density at radius 1 is 0.962 bits per heavy atom. The van der Waals surface area contributed by atoms with E-state index in [9.17, 15) is 14.7 Å². The Morgan fingerprint density at radius 2 is 1.54 bits per heavy atom. The molecular weight excluding hydrogens is 336 g/mol. The fourth-order valence-corrected chi connectivity index (χ4v) is 4.31. The van der Waals surface area contributed by atoms with Crippen LogP contribution in [0, 0.1) is 5.92 Å². The molecule has 3 rings (SSSR count). The van der Waals surface area contributed by atoms with Gasteiger partial charge in [-0.05, 0) is 24.6 Å². The molecule has 142 valence electrons. The van der Waals surface area contributed by atoms with E-state index in [1.54, 1.807) is 66.0 Å². The zero-order valence-corrected chi connectivity index (χ0v) is 16.0. The van der Waals surface area contributed by atoms with Crippen molar-refractivity contribution in [3.63, 3.8) is 0 Å². The molecule has 0 unspecified atom stereocenters. The van der Waals surface area contributed by atoms with Crippen LogP contribution in [0.4, 0.5) is 9.59 Å². The van der Waals surface area contributed by atoms with Crippen molar-refractivity contribution in [2.75, 3.05) is 35.3 Å². The molecule has 1 aromatic carbocycles. The number of fused-ring (bicyclic) bond motifs is 1. The standard InChI is InChI=1S/C18H26N4O4/c1-10-14-15(11-7-8-12(23)13(9-11)26-6)20(3)18(25)22(5)16(14)21(4)17(24)19(10)2/h7-10,14-16,23H,1-6H3/t10-,14-,15+,16+/m1/s1. The monoisotopic (exact) mass is 362 g/mol. The van der Waals surface area contributed by atoms with Gasteiger partial charge >= 0.3 is 12.1 Å². The third-order valence-electron chi connectivity index (χ3n) is 5.84. The average Bonchev–Trinajstić information content (AvgIpc) is 2.63. The summed E-state index contributed by atoms with van der Waals surface area (Å²) in [6, 6.07) is 4.54. The van der Waals surface area contributed by atoms with Crippen LogP contribution < -0.4 is 4.74 Å². The van der Waals surface area contributed by atoms with Crippen LogP contribution in [0.1, 0.15) is 18.5 Å². The summed E-state index contributed by atoms with van der Waals surface area (Å²) in [7, 11) is 8.50. The lowest BCUT2D eigenvalue weighted by molar-refractivity contribution is -0.0652. The van der Waals surface area contributed by atoms with E-state index in [4.69, 9.17) is 4.74 Å². The number of carbonyl (C=O) groups excluding carboxylic acids is 2. The summed E-state index contributed by atoms with van der Waals surface area (Å²) in [5, 5.41) is 9.92. The van der Waals surface area contributed by atoms with Gasteiger partial charge in [0.05, 0.1) is 13.2 Å². The number of hydrogen-bond donors (Lipinski definition) is 1. The van der Waals surface area contributed by atoms with E-state index >= 15 is 0 Å². The van der Waals surface area contributed by atoms with Gasteiger partial charge in [-0.15, -0.1) is 0 Å². The number of amides is 4. The molecule has 2 heterocycles. The van der Waals surface area contributed by atoms with Crippen molar-refractivity contribution in [3.8, 4) is 11.5 Å². The van der Waals surface area contributed by atoms with Crippen LogP contribution >= 0.6 is 0 Å². The summed E-state index contributed by atoms with van der Waals surface area (Å²) in [4.78, 5) is 32.1. The molecule has 0 bridgehead atoms. The number of benzene rings is 1. The zero-order chi connectivity index (χ0) is 19.3. The van der Waals surface area contributed by atoms with Gasteiger partial charge in [-0.2, -0.15) is 0 Å². The number of phenols is 1. The van der Waals surface area contributed by atoms with E-state index in [0.29, 0.717) is 5.75 Å². The van der Waals surface area contributed by atoms with Crippen LogP contribution in [0.25, 0.3) is 0 Å². The first kappa shape index (κ1) is 18.2. The van der Waals surface area contributed by atoms with Gasteiger partial charge in [-0.1, -0.05) is 6.07 Å². The number of ether oxygens (including phenoxy) is 1. The minimum atomic E-state index is -0.345. The number of phenolic OH excluding ortho intramolecular Hbond substituents is 1. The molecule has 1 aromatic rings. The van der Waals surface area contributed by atoms with Gasteiger partial charge in [-0.25, -0.2) is 9.59 Å². The highest BCUT2D eigenvalue weighted by Gasteiger charge is 2.54. The van der Waals surface area contributed by atoms with E-state index in [2.05, 4.69) is 0 Å². The molecule has 1 N–H and O–H groups in total. The van der Waals surface area contributed by atoms with Crippen molar-refractivity contribution in [1.29, 1.82) is 0 Å². The second-order valence-electron chi connectivity index (χ2n) is 7.12. The third kappa shape index (κ3) is 2.43. The summed E-state index contributed by atoms with van der Waals surface area (Å²) in [5.74, 6) is 0.375. The minimum Gasteiger partial charge on any atom is -0.504 e. The molecule has 0 saturated carbocycles. The highest BCUT2D eigenvalue weighted by molar-refractivity contribution is 5.80. The number of rotatable bonds is 2. The molecule has 4 atom stereocenters. The predicted octanol–water partition coefficient (Wildman–Crippen LogP) is 1.77. The van der Waals surface area contributed by atoms with Gasteiger partial charge in [0.2, 0.25) is 0 Å². The summed E-state index contributed by atoms with van der Waals surface area (Å²) >= 11 is 0. The van der Waals surface area contributed by atoms with Crippen LogP contribution in [0.15, 0.2) is 18.2 Å². The van der Waals surface area contributed by atoms with Gasteiger partial charge in [0, 0.05) is 40.2 Å². The molecule has 0 aliphatic carbocycles. The number of nitrogens with zero attached hydrogens (tertiary/aromatic N) is 4. The Bertz CT molecular complexity index is 736. The lowest BCUT2D eigenvalue weighted by Gasteiger charge is -2.57. The van der Waals surface area contributed by atoms with Crippen molar-refractivity contribution < 1.29 is 19.4 Å². The van der Waals surface area contributed by atoms with E-state index in [1.165, 1.54) is 7.11 Å². The van der Waals surface area contributed by atoms with E-state index in [1.807, 2.05) is 6.92 Å². The number of aromatic hydroxyl groups is 1. The summed E-state index contributed by atoms with van der Waals surface area (Å²) < 4.78 is 5.24. The Hall–Kier alpha value is -2.64. The van der Waals surface area contributed by atoms with Gasteiger partial charge in [0.1, 0.15) is 6.17 Å². The average molecular weight is 362 g/mol.